The summed E-state index contributed by atoms with van der Waals surface area (Å²) in [4.78, 5) is 2.48. The van der Waals surface area contributed by atoms with E-state index >= 15 is 0 Å². The number of hydrogen-bond donors (Lipinski definition) is 1. The van der Waals surface area contributed by atoms with Gasteiger partial charge < -0.3 is 10.6 Å². The van der Waals surface area contributed by atoms with E-state index in [4.69, 9.17) is 5.73 Å². The van der Waals surface area contributed by atoms with Crippen molar-refractivity contribution in [3.8, 4) is 0 Å². The molecule has 0 bridgehead atoms. The molecule has 3 atom stereocenters. The Kier molecular flexibility index (Phi) is 5.22. The zero-order valence-corrected chi connectivity index (χ0v) is 13.5. The Hall–Kier alpha value is -0.860. The fourth-order valence-electron chi connectivity index (χ4n) is 3.36. The molecule has 0 spiro atoms. The van der Waals surface area contributed by atoms with Crippen LogP contribution in [0.25, 0.3) is 0 Å². The minimum atomic E-state index is 0.122. The van der Waals surface area contributed by atoms with E-state index in [9.17, 15) is 0 Å². The minimum absolute atomic E-state index is 0.122. The van der Waals surface area contributed by atoms with Crippen LogP contribution in [0.5, 0.6) is 0 Å². The molecule has 2 rings (SSSR count). The average molecular weight is 274 g/mol. The first kappa shape index (κ1) is 15.5. The highest BCUT2D eigenvalue weighted by Crippen LogP contribution is 2.27. The Labute approximate surface area is 124 Å². The van der Waals surface area contributed by atoms with Crippen LogP contribution in [0.15, 0.2) is 18.2 Å². The minimum Gasteiger partial charge on any atom is -0.323 e. The van der Waals surface area contributed by atoms with Crippen molar-refractivity contribution in [3.63, 3.8) is 0 Å². The molecule has 1 aliphatic rings. The van der Waals surface area contributed by atoms with Gasteiger partial charge in [-0.25, -0.2) is 0 Å². The molecule has 3 unspecified atom stereocenters. The maximum Gasteiger partial charge on any atom is 0.0424 e. The molecular formula is C18H30N2. The van der Waals surface area contributed by atoms with Crippen molar-refractivity contribution >= 4 is 0 Å². The van der Waals surface area contributed by atoms with E-state index in [1.165, 1.54) is 42.4 Å². The first-order valence-corrected chi connectivity index (χ1v) is 8.00. The van der Waals surface area contributed by atoms with E-state index in [0.29, 0.717) is 0 Å². The largest absolute Gasteiger partial charge is 0.323 e. The molecule has 1 aromatic carbocycles. The number of likely N-dealkylation sites (N-methyl/N-ethyl adjacent to an activating group) is 1. The third kappa shape index (κ3) is 3.83. The number of rotatable bonds is 4. The summed E-state index contributed by atoms with van der Waals surface area (Å²) in [5, 5.41) is 0. The summed E-state index contributed by atoms with van der Waals surface area (Å²) in [5.74, 6) is 0.869. The van der Waals surface area contributed by atoms with Gasteiger partial charge in [-0.2, -0.15) is 0 Å². The van der Waals surface area contributed by atoms with Gasteiger partial charge in [0.1, 0.15) is 0 Å². The Balaban J connectivity index is 1.95. The topological polar surface area (TPSA) is 29.3 Å². The van der Waals surface area contributed by atoms with Gasteiger partial charge in [0.25, 0.3) is 0 Å². The van der Waals surface area contributed by atoms with Crippen LogP contribution in [0, 0.1) is 19.8 Å². The Bertz CT molecular complexity index is 441. The van der Waals surface area contributed by atoms with Crippen LogP contribution >= 0.6 is 0 Å². The van der Waals surface area contributed by atoms with Gasteiger partial charge in [-0.1, -0.05) is 38.0 Å². The van der Waals surface area contributed by atoms with Crippen LogP contribution < -0.4 is 5.73 Å². The molecule has 1 aliphatic carbocycles. The van der Waals surface area contributed by atoms with Crippen LogP contribution in [0.1, 0.15) is 55.3 Å². The predicted octanol–water partition coefficient (Wildman–Crippen LogP) is 3.81. The molecule has 1 saturated carbocycles. The first-order valence-electron chi connectivity index (χ1n) is 8.00. The number of nitrogens with two attached hydrogens (primary N) is 1. The molecule has 0 amide bonds. The fraction of sp³-hybridized carbons (Fsp3) is 0.667. The normalized spacial score (nSPS) is 24.9. The fourth-order valence-corrected chi connectivity index (χ4v) is 3.36. The third-order valence-corrected chi connectivity index (χ3v) is 4.98. The van der Waals surface area contributed by atoms with Gasteiger partial charge in [-0.05, 0) is 56.3 Å². The molecule has 0 aromatic heterocycles. The van der Waals surface area contributed by atoms with E-state index in [-0.39, 0.29) is 6.04 Å². The van der Waals surface area contributed by atoms with Crippen molar-refractivity contribution < 1.29 is 0 Å². The highest BCUT2D eigenvalue weighted by Gasteiger charge is 2.23. The van der Waals surface area contributed by atoms with Crippen molar-refractivity contribution in [1.29, 1.82) is 0 Å². The molecule has 2 N–H and O–H groups in total. The molecule has 1 fully saturated rings. The van der Waals surface area contributed by atoms with Crippen molar-refractivity contribution in [2.24, 2.45) is 11.7 Å². The number of hydrogen-bond acceptors (Lipinski definition) is 2. The van der Waals surface area contributed by atoms with Crippen molar-refractivity contribution in [2.45, 2.75) is 58.5 Å². The first-order chi connectivity index (χ1) is 9.47. The summed E-state index contributed by atoms with van der Waals surface area (Å²) in [6, 6.07) is 7.46. The number of benzene rings is 1. The van der Waals surface area contributed by atoms with E-state index in [0.717, 1.165) is 18.5 Å². The lowest BCUT2D eigenvalue weighted by atomic mass is 9.86. The molecule has 0 saturated heterocycles. The molecule has 2 nitrogen and oxygen atoms in total. The summed E-state index contributed by atoms with van der Waals surface area (Å²) in [6.07, 6.45) is 5.43. The summed E-state index contributed by atoms with van der Waals surface area (Å²) in [7, 11) is 2.24. The lowest BCUT2D eigenvalue weighted by Gasteiger charge is -2.35. The van der Waals surface area contributed by atoms with Crippen molar-refractivity contribution in [1.82, 2.24) is 4.90 Å². The van der Waals surface area contributed by atoms with Crippen molar-refractivity contribution in [3.05, 3.63) is 34.9 Å². The van der Waals surface area contributed by atoms with Gasteiger partial charge in [-0.15, -0.1) is 0 Å². The van der Waals surface area contributed by atoms with E-state index in [1.807, 2.05) is 0 Å². The lowest BCUT2D eigenvalue weighted by Crippen LogP contribution is -2.39. The summed E-state index contributed by atoms with van der Waals surface area (Å²) >= 11 is 0. The van der Waals surface area contributed by atoms with Gasteiger partial charge in [-0.3, -0.25) is 0 Å². The monoisotopic (exact) mass is 274 g/mol. The van der Waals surface area contributed by atoms with E-state index in [2.05, 4.69) is 50.9 Å². The molecule has 1 aromatic rings. The van der Waals surface area contributed by atoms with Crippen molar-refractivity contribution in [2.75, 3.05) is 13.6 Å². The molecule has 0 aliphatic heterocycles. The molecule has 0 heterocycles. The summed E-state index contributed by atoms with van der Waals surface area (Å²) < 4.78 is 0. The van der Waals surface area contributed by atoms with Crippen LogP contribution in [-0.4, -0.2) is 24.5 Å². The Morgan fingerprint density at radius 2 is 2.00 bits per heavy atom. The lowest BCUT2D eigenvalue weighted by molar-refractivity contribution is 0.157. The second-order valence-corrected chi connectivity index (χ2v) is 6.82. The van der Waals surface area contributed by atoms with Gasteiger partial charge in [0.15, 0.2) is 0 Å². The highest BCUT2D eigenvalue weighted by molar-refractivity contribution is 5.31. The third-order valence-electron chi connectivity index (χ3n) is 4.98. The van der Waals surface area contributed by atoms with E-state index < -0.39 is 0 Å². The number of aryl methyl sites for hydroxylation is 2. The maximum atomic E-state index is 6.41. The second-order valence-electron chi connectivity index (χ2n) is 6.82. The van der Waals surface area contributed by atoms with Crippen LogP contribution in [-0.2, 0) is 0 Å². The van der Waals surface area contributed by atoms with Crippen LogP contribution in [0.2, 0.25) is 0 Å². The van der Waals surface area contributed by atoms with Crippen LogP contribution in [0.3, 0.4) is 0 Å². The second kappa shape index (κ2) is 6.73. The Morgan fingerprint density at radius 3 is 2.65 bits per heavy atom. The zero-order valence-electron chi connectivity index (χ0n) is 13.5. The molecule has 20 heavy (non-hydrogen) atoms. The molecule has 2 heteroatoms. The maximum absolute atomic E-state index is 6.41. The SMILES string of the molecule is Cc1ccc(C(N)CN(C)C2CCCC(C)C2)cc1C. The van der Waals surface area contributed by atoms with Gasteiger partial charge >= 0.3 is 0 Å². The molecule has 112 valence electrons. The quantitative estimate of drug-likeness (QED) is 0.904. The van der Waals surface area contributed by atoms with Crippen LogP contribution in [0.4, 0.5) is 0 Å². The predicted molar refractivity (Wildman–Crippen MR) is 86.9 cm³/mol. The smallest absolute Gasteiger partial charge is 0.0424 e. The average Bonchev–Trinajstić information content (AvgIpc) is 2.41. The standard InChI is InChI=1S/C18H30N2/c1-13-6-5-7-17(10-13)20(4)12-18(19)16-9-8-14(2)15(3)11-16/h8-9,11,13,17-18H,5-7,10,12,19H2,1-4H3. The molecular weight excluding hydrogens is 244 g/mol. The van der Waals surface area contributed by atoms with Gasteiger partial charge in [0.2, 0.25) is 0 Å². The highest BCUT2D eigenvalue weighted by atomic mass is 15.1. The van der Waals surface area contributed by atoms with Gasteiger partial charge in [0, 0.05) is 18.6 Å². The zero-order chi connectivity index (χ0) is 14.7. The Morgan fingerprint density at radius 1 is 1.25 bits per heavy atom. The molecule has 0 radical (unpaired) electrons. The van der Waals surface area contributed by atoms with E-state index in [1.54, 1.807) is 0 Å². The van der Waals surface area contributed by atoms with Gasteiger partial charge in [0.05, 0.1) is 0 Å². The summed E-state index contributed by atoms with van der Waals surface area (Å²) in [6.45, 7) is 7.65. The number of nitrogens with zero attached hydrogens (tertiary/aromatic N) is 1. The summed E-state index contributed by atoms with van der Waals surface area (Å²) in [5.41, 5.74) is 10.4.